The molecule has 1 fully saturated rings. The second-order valence-electron chi connectivity index (χ2n) is 7.26. The molecule has 1 atom stereocenters. The fraction of sp³-hybridized carbons (Fsp3) is 0.318. The molecule has 2 aliphatic rings. The number of nitrogens with zero attached hydrogens (tertiary/aromatic N) is 2. The lowest BCUT2D eigenvalue weighted by Gasteiger charge is -2.30. The van der Waals surface area contributed by atoms with Gasteiger partial charge in [0.05, 0.1) is 33.6 Å². The van der Waals surface area contributed by atoms with Gasteiger partial charge in [-0.2, -0.15) is 0 Å². The van der Waals surface area contributed by atoms with Crippen LogP contribution in [0.25, 0.3) is 0 Å². The molecule has 1 aliphatic carbocycles. The Morgan fingerprint density at radius 2 is 2.03 bits per heavy atom. The molecule has 0 saturated carbocycles. The van der Waals surface area contributed by atoms with Crippen molar-refractivity contribution in [2.45, 2.75) is 12.5 Å². The molecule has 1 saturated heterocycles. The van der Waals surface area contributed by atoms with Crippen LogP contribution in [0.2, 0.25) is 0 Å². The number of carbonyl (C=O) groups excluding carboxylic acids is 2. The summed E-state index contributed by atoms with van der Waals surface area (Å²) in [4.78, 5) is 32.3. The van der Waals surface area contributed by atoms with Crippen LogP contribution in [0.1, 0.15) is 16.1 Å². The van der Waals surface area contributed by atoms with Gasteiger partial charge < -0.3 is 25.6 Å². The van der Waals surface area contributed by atoms with E-state index in [4.69, 9.17) is 4.74 Å². The maximum absolute atomic E-state index is 12.8. The Balaban J connectivity index is 1.41. The lowest BCUT2D eigenvalue weighted by molar-refractivity contribution is -0.113. The minimum atomic E-state index is -0.228. The summed E-state index contributed by atoms with van der Waals surface area (Å²) in [6.07, 6.45) is 9.34. The van der Waals surface area contributed by atoms with Crippen molar-refractivity contribution >= 4 is 39.5 Å². The number of anilines is 3. The summed E-state index contributed by atoms with van der Waals surface area (Å²) in [5.74, 6) is -0.414. The van der Waals surface area contributed by atoms with Gasteiger partial charge in [0, 0.05) is 51.5 Å². The number of pyridine rings is 1. The van der Waals surface area contributed by atoms with Gasteiger partial charge >= 0.3 is 0 Å². The molecule has 9 heteroatoms. The van der Waals surface area contributed by atoms with Gasteiger partial charge in [0.2, 0.25) is 0 Å². The molecule has 0 aromatic carbocycles. The highest BCUT2D eigenvalue weighted by atomic mass is 32.1. The first kappa shape index (κ1) is 21.2. The monoisotopic (exact) mass is 439 g/mol. The van der Waals surface area contributed by atoms with E-state index in [9.17, 15) is 9.59 Å². The highest BCUT2D eigenvalue weighted by Gasteiger charge is 2.19. The number of allylic oxidation sites excluding steroid dienone is 2. The summed E-state index contributed by atoms with van der Waals surface area (Å²) in [6, 6.07) is 5.37. The molecular weight excluding hydrogens is 414 g/mol. The molecule has 0 spiro atoms. The number of amides is 2. The number of aromatic nitrogens is 1. The summed E-state index contributed by atoms with van der Waals surface area (Å²) in [5, 5.41) is 9.78. The van der Waals surface area contributed by atoms with Crippen molar-refractivity contribution in [3.63, 3.8) is 0 Å². The van der Waals surface area contributed by atoms with Crippen molar-refractivity contribution < 1.29 is 14.3 Å². The van der Waals surface area contributed by atoms with E-state index in [0.29, 0.717) is 27.6 Å². The molecule has 3 N–H and O–H groups in total. The molecule has 8 nitrogen and oxygen atoms in total. The van der Waals surface area contributed by atoms with Crippen molar-refractivity contribution in [3.8, 4) is 0 Å². The Hall–Kier alpha value is -3.01. The van der Waals surface area contributed by atoms with Crippen molar-refractivity contribution in [1.29, 1.82) is 0 Å². The number of piperazine rings is 1. The Morgan fingerprint density at radius 3 is 2.84 bits per heavy atom. The van der Waals surface area contributed by atoms with Crippen molar-refractivity contribution in [1.82, 2.24) is 10.3 Å². The highest BCUT2D eigenvalue weighted by molar-refractivity contribution is 7.18. The fourth-order valence-electron chi connectivity index (χ4n) is 3.55. The first-order chi connectivity index (χ1) is 15.1. The zero-order valence-electron chi connectivity index (χ0n) is 17.3. The minimum Gasteiger partial charge on any atom is -0.377 e. The van der Waals surface area contributed by atoms with E-state index in [1.165, 1.54) is 11.3 Å². The molecule has 2 aromatic heterocycles. The van der Waals surface area contributed by atoms with Gasteiger partial charge in [-0.05, 0) is 18.2 Å². The smallest absolute Gasteiger partial charge is 0.265 e. The van der Waals surface area contributed by atoms with Crippen molar-refractivity contribution in [3.05, 3.63) is 59.3 Å². The molecule has 2 amide bonds. The highest BCUT2D eigenvalue weighted by Crippen LogP contribution is 2.28. The molecule has 0 bridgehead atoms. The normalized spacial score (nSPS) is 18.4. The number of ether oxygens (including phenoxy) is 1. The molecule has 1 unspecified atom stereocenters. The average molecular weight is 440 g/mol. The number of methoxy groups -OCH3 is 1. The molecule has 0 radical (unpaired) electrons. The third-order valence-electron chi connectivity index (χ3n) is 5.21. The van der Waals surface area contributed by atoms with E-state index >= 15 is 0 Å². The van der Waals surface area contributed by atoms with Gasteiger partial charge in [-0.1, -0.05) is 18.2 Å². The molecular formula is C22H25N5O3S. The maximum atomic E-state index is 12.8. The van der Waals surface area contributed by atoms with Crippen LogP contribution in [0, 0.1) is 0 Å². The van der Waals surface area contributed by atoms with Crippen LogP contribution < -0.4 is 20.9 Å². The third kappa shape index (κ3) is 5.19. The first-order valence-electron chi connectivity index (χ1n) is 10.2. The number of thiophene rings is 1. The molecule has 3 heterocycles. The van der Waals surface area contributed by atoms with Gasteiger partial charge in [-0.25, -0.2) is 0 Å². The second kappa shape index (κ2) is 9.86. The van der Waals surface area contributed by atoms with Gasteiger partial charge in [0.15, 0.2) is 0 Å². The Kier molecular flexibility index (Phi) is 6.76. The predicted molar refractivity (Wildman–Crippen MR) is 123 cm³/mol. The number of rotatable bonds is 6. The zero-order valence-corrected chi connectivity index (χ0v) is 18.1. The SMILES string of the molecule is COC1C=CC=C(C(=O)Nc2ccc(C(=O)Nc3cnccc3N3CCNCC3)s2)C1. The fourth-order valence-corrected chi connectivity index (χ4v) is 4.34. The molecule has 162 valence electrons. The van der Waals surface area contributed by atoms with Crippen LogP contribution in [0.5, 0.6) is 0 Å². The maximum Gasteiger partial charge on any atom is 0.265 e. The van der Waals surface area contributed by atoms with E-state index in [1.54, 1.807) is 37.7 Å². The number of nitrogens with one attached hydrogen (secondary N) is 3. The van der Waals surface area contributed by atoms with E-state index in [2.05, 4.69) is 25.8 Å². The zero-order chi connectivity index (χ0) is 21.6. The Bertz CT molecular complexity index is 1010. The molecule has 4 rings (SSSR count). The van der Waals surface area contributed by atoms with Crippen LogP contribution in [0.4, 0.5) is 16.4 Å². The largest absolute Gasteiger partial charge is 0.377 e. The first-order valence-corrected chi connectivity index (χ1v) is 11.0. The quantitative estimate of drug-likeness (QED) is 0.641. The lowest BCUT2D eigenvalue weighted by atomic mass is 10.0. The van der Waals surface area contributed by atoms with Crippen molar-refractivity contribution in [2.24, 2.45) is 0 Å². The van der Waals surface area contributed by atoms with E-state index in [-0.39, 0.29) is 17.9 Å². The van der Waals surface area contributed by atoms with Crippen LogP contribution in [-0.2, 0) is 9.53 Å². The van der Waals surface area contributed by atoms with Gasteiger partial charge in [-0.3, -0.25) is 14.6 Å². The lowest BCUT2D eigenvalue weighted by Crippen LogP contribution is -2.43. The standard InChI is InChI=1S/C22H25N5O3S/c1-30-16-4-2-3-15(13-16)21(28)26-20-6-5-19(31-20)22(29)25-17-14-24-8-7-18(17)27-11-9-23-10-12-27/h2-8,14,16,23H,9-13H2,1H3,(H,25,29)(H,26,28). The van der Waals surface area contributed by atoms with Gasteiger partial charge in [0.1, 0.15) is 0 Å². The van der Waals surface area contributed by atoms with Gasteiger partial charge in [0.25, 0.3) is 11.8 Å². The van der Waals surface area contributed by atoms with Crippen LogP contribution >= 0.6 is 11.3 Å². The number of hydrogen-bond donors (Lipinski definition) is 3. The molecule has 1 aliphatic heterocycles. The number of carbonyl (C=O) groups is 2. The summed E-state index contributed by atoms with van der Waals surface area (Å²) in [6.45, 7) is 3.55. The summed E-state index contributed by atoms with van der Waals surface area (Å²) < 4.78 is 5.30. The third-order valence-corrected chi connectivity index (χ3v) is 6.21. The average Bonchev–Trinajstić information content (AvgIpc) is 3.28. The van der Waals surface area contributed by atoms with Gasteiger partial charge in [-0.15, -0.1) is 11.3 Å². The number of hydrogen-bond acceptors (Lipinski definition) is 7. The molecule has 2 aromatic rings. The van der Waals surface area contributed by atoms with Crippen LogP contribution in [-0.4, -0.2) is 56.2 Å². The summed E-state index contributed by atoms with van der Waals surface area (Å²) in [5.41, 5.74) is 2.28. The predicted octanol–water partition coefficient (Wildman–Crippen LogP) is 2.64. The van der Waals surface area contributed by atoms with Crippen molar-refractivity contribution in [2.75, 3.05) is 48.8 Å². The Morgan fingerprint density at radius 1 is 1.19 bits per heavy atom. The van der Waals surface area contributed by atoms with Crippen LogP contribution in [0.3, 0.4) is 0 Å². The minimum absolute atomic E-state index is 0.0974. The molecule has 31 heavy (non-hydrogen) atoms. The summed E-state index contributed by atoms with van der Waals surface area (Å²) in [7, 11) is 1.62. The summed E-state index contributed by atoms with van der Waals surface area (Å²) >= 11 is 1.24. The topological polar surface area (TPSA) is 95.6 Å². The van der Waals surface area contributed by atoms with E-state index in [1.807, 2.05) is 18.2 Å². The van der Waals surface area contributed by atoms with E-state index in [0.717, 1.165) is 31.9 Å². The Labute approximate surface area is 185 Å². The van der Waals surface area contributed by atoms with Crippen LogP contribution in [0.15, 0.2) is 54.4 Å². The van der Waals surface area contributed by atoms with E-state index < -0.39 is 0 Å². The second-order valence-corrected chi connectivity index (χ2v) is 8.34.